The first-order chi connectivity index (χ1) is 49.8. The van der Waals surface area contributed by atoms with Gasteiger partial charge in [-0.3, -0.25) is 37.3 Å². The topological polar surface area (TPSA) is 237 Å². The number of phosphoric ester groups is 2. The number of hydrogen-bond acceptors (Lipinski definition) is 15. The predicted molar refractivity (Wildman–Crippen MR) is 423 cm³/mol. The van der Waals surface area contributed by atoms with Crippen LogP contribution in [0.15, 0.2) is 24.3 Å². The Hall–Kier alpha value is -2.46. The van der Waals surface area contributed by atoms with E-state index in [4.69, 9.17) is 37.0 Å². The summed E-state index contributed by atoms with van der Waals surface area (Å²) in [7, 11) is -9.94. The lowest BCUT2D eigenvalue weighted by atomic mass is 10.00. The third-order valence-corrected chi connectivity index (χ3v) is 21.3. The highest BCUT2D eigenvalue weighted by Crippen LogP contribution is 2.45. The maximum absolute atomic E-state index is 13.1. The molecule has 608 valence electrons. The van der Waals surface area contributed by atoms with E-state index in [9.17, 15) is 43.2 Å². The van der Waals surface area contributed by atoms with Gasteiger partial charge < -0.3 is 33.8 Å². The molecule has 103 heavy (non-hydrogen) atoms. The van der Waals surface area contributed by atoms with Crippen LogP contribution in [0.1, 0.15) is 414 Å². The first kappa shape index (κ1) is 101. The minimum atomic E-state index is -4.97. The molecule has 0 heterocycles. The van der Waals surface area contributed by atoms with Crippen LogP contribution in [-0.4, -0.2) is 96.7 Å². The fourth-order valence-corrected chi connectivity index (χ4v) is 14.0. The van der Waals surface area contributed by atoms with Crippen LogP contribution >= 0.6 is 15.6 Å². The summed E-state index contributed by atoms with van der Waals surface area (Å²) in [5.74, 6) is 0.208. The lowest BCUT2D eigenvalue weighted by Crippen LogP contribution is -2.30. The Morgan fingerprint density at radius 2 is 0.573 bits per heavy atom. The molecule has 0 fully saturated rings. The highest BCUT2D eigenvalue weighted by molar-refractivity contribution is 7.47. The molecule has 0 aromatic rings. The van der Waals surface area contributed by atoms with Gasteiger partial charge in [0, 0.05) is 25.7 Å². The number of aliphatic hydroxyl groups is 1. The second-order valence-electron chi connectivity index (χ2n) is 30.7. The highest BCUT2D eigenvalue weighted by Gasteiger charge is 2.30. The van der Waals surface area contributed by atoms with Crippen molar-refractivity contribution in [1.82, 2.24) is 0 Å². The average molecular weight is 1500 g/mol. The molecule has 0 aliphatic rings. The van der Waals surface area contributed by atoms with E-state index in [1.165, 1.54) is 205 Å². The number of ether oxygens (including phenoxy) is 4. The molecule has 17 nitrogen and oxygen atoms in total. The van der Waals surface area contributed by atoms with Gasteiger partial charge in [-0.1, -0.05) is 362 Å². The van der Waals surface area contributed by atoms with Crippen LogP contribution in [0.2, 0.25) is 0 Å². The molecule has 0 saturated carbocycles. The smallest absolute Gasteiger partial charge is 0.462 e. The number of aliphatic hydroxyl groups excluding tert-OH is 1. The Morgan fingerprint density at radius 3 is 0.864 bits per heavy atom. The van der Waals surface area contributed by atoms with E-state index in [1.54, 1.807) is 0 Å². The van der Waals surface area contributed by atoms with Crippen molar-refractivity contribution in [1.29, 1.82) is 0 Å². The standard InChI is InChI=1S/C84H160O17P2/c1-8-10-11-12-13-14-15-16-21-29-34-39-44-53-60-68-84(89)101-80(72-95-82(87)66-59-52-47-46-50-57-64-77(7)9-2)74-99-103(92,93)97-70-78(85)69-96-102(90,91)98-73-79(100-83(88)67-61-54-45-40-35-30-25-20-18-23-27-32-37-42-49-56-63-76(5)6)71-94-81(86)65-58-51-43-38-33-28-24-19-17-22-26-31-36-41-48-55-62-75(3)4/h14-16,21,75-80,85H,8-13,17-20,22-74H2,1-7H3,(H,90,91)(H,92,93)/b15-14-,21-16-/t77?,78-,79-,80-/m1/s1. The average Bonchev–Trinajstić information content (AvgIpc) is 0.909. The molecule has 0 spiro atoms. The van der Waals surface area contributed by atoms with Gasteiger partial charge in [0.25, 0.3) is 0 Å². The first-order valence-corrected chi connectivity index (χ1v) is 45.7. The largest absolute Gasteiger partial charge is 0.472 e. The Morgan fingerprint density at radius 1 is 0.320 bits per heavy atom. The minimum Gasteiger partial charge on any atom is -0.462 e. The Kier molecular flexibility index (Phi) is 71.9. The van der Waals surface area contributed by atoms with Crippen LogP contribution in [0.5, 0.6) is 0 Å². The summed E-state index contributed by atoms with van der Waals surface area (Å²) >= 11 is 0. The van der Waals surface area contributed by atoms with Crippen molar-refractivity contribution >= 4 is 39.5 Å². The zero-order valence-corrected chi connectivity index (χ0v) is 69.1. The molecule has 0 aromatic heterocycles. The normalized spacial score (nSPS) is 14.3. The molecule has 0 saturated heterocycles. The summed E-state index contributed by atoms with van der Waals surface area (Å²) in [4.78, 5) is 73.1. The number of hydrogen-bond donors (Lipinski definition) is 3. The molecule has 3 unspecified atom stereocenters. The number of carbonyl (C=O) groups is 4. The SMILES string of the molecule is CCCCCC/C=C\C=C/CCCCCCCC(=O)O[C@H](COC(=O)CCCCCCCCC(C)CC)COP(=O)(O)OC[C@H](O)COP(=O)(O)OC[C@@H](COC(=O)CCCCCCCCCCCCCCCCCCC(C)C)OC(=O)CCCCCCCCCCCCCCCCCCC(C)C. The number of carbonyl (C=O) groups excluding carboxylic acids is 4. The predicted octanol–water partition coefficient (Wildman–Crippen LogP) is 24.9. The number of unbranched alkanes of at least 4 members (excludes halogenated alkanes) is 44. The fourth-order valence-electron chi connectivity index (χ4n) is 12.4. The molecule has 0 aliphatic carbocycles. The molecule has 0 rings (SSSR count). The summed E-state index contributed by atoms with van der Waals surface area (Å²) < 4.78 is 68.8. The van der Waals surface area contributed by atoms with E-state index >= 15 is 0 Å². The number of allylic oxidation sites excluding steroid dienone is 4. The van der Waals surface area contributed by atoms with E-state index < -0.39 is 97.5 Å². The van der Waals surface area contributed by atoms with Gasteiger partial charge in [0.05, 0.1) is 26.4 Å². The third kappa shape index (κ3) is 76.1. The van der Waals surface area contributed by atoms with Gasteiger partial charge in [0.1, 0.15) is 19.3 Å². The Balaban J connectivity index is 5.27. The number of esters is 4. The summed E-state index contributed by atoms with van der Waals surface area (Å²) in [6, 6.07) is 0. The van der Waals surface area contributed by atoms with E-state index in [0.717, 1.165) is 127 Å². The number of phosphoric acid groups is 2. The zero-order valence-electron chi connectivity index (χ0n) is 67.3. The molecule has 0 aromatic carbocycles. The molecule has 0 radical (unpaired) electrons. The monoisotopic (exact) mass is 1500 g/mol. The molecule has 19 heteroatoms. The summed E-state index contributed by atoms with van der Waals surface area (Å²) in [5.41, 5.74) is 0. The highest BCUT2D eigenvalue weighted by atomic mass is 31.2. The van der Waals surface area contributed by atoms with Crippen molar-refractivity contribution in [3.63, 3.8) is 0 Å². The zero-order chi connectivity index (χ0) is 75.8. The summed E-state index contributed by atoms with van der Waals surface area (Å²) in [6.07, 6.45) is 66.1. The quantitative estimate of drug-likeness (QED) is 0.0169. The van der Waals surface area contributed by atoms with Gasteiger partial charge >= 0.3 is 39.5 Å². The second-order valence-corrected chi connectivity index (χ2v) is 33.6. The summed E-state index contributed by atoms with van der Waals surface area (Å²) in [6.45, 7) is 11.9. The minimum absolute atomic E-state index is 0.0841. The summed E-state index contributed by atoms with van der Waals surface area (Å²) in [5, 5.41) is 10.7. The Labute approximate surface area is 631 Å². The molecular formula is C84H160O17P2. The van der Waals surface area contributed by atoms with Crippen molar-refractivity contribution in [3.05, 3.63) is 24.3 Å². The van der Waals surface area contributed by atoms with Crippen LogP contribution in [-0.2, 0) is 65.4 Å². The van der Waals surface area contributed by atoms with Gasteiger partial charge in [0.2, 0.25) is 0 Å². The lowest BCUT2D eigenvalue weighted by molar-refractivity contribution is -0.161. The fraction of sp³-hybridized carbons (Fsp3) is 0.905. The van der Waals surface area contributed by atoms with Crippen molar-refractivity contribution < 1.29 is 80.2 Å². The van der Waals surface area contributed by atoms with Crippen molar-refractivity contribution in [3.8, 4) is 0 Å². The first-order valence-electron chi connectivity index (χ1n) is 42.7. The third-order valence-electron chi connectivity index (χ3n) is 19.4. The van der Waals surface area contributed by atoms with Crippen LogP contribution < -0.4 is 0 Å². The van der Waals surface area contributed by atoms with Gasteiger partial charge in [-0.15, -0.1) is 0 Å². The van der Waals surface area contributed by atoms with Crippen molar-refractivity contribution in [2.24, 2.45) is 17.8 Å². The van der Waals surface area contributed by atoms with Crippen LogP contribution in [0.3, 0.4) is 0 Å². The van der Waals surface area contributed by atoms with Crippen molar-refractivity contribution in [2.45, 2.75) is 433 Å². The molecule has 0 aliphatic heterocycles. The van der Waals surface area contributed by atoms with Crippen LogP contribution in [0.4, 0.5) is 0 Å². The molecule has 6 atom stereocenters. The van der Waals surface area contributed by atoms with E-state index in [2.05, 4.69) is 72.8 Å². The van der Waals surface area contributed by atoms with E-state index in [0.29, 0.717) is 25.7 Å². The van der Waals surface area contributed by atoms with Crippen LogP contribution in [0, 0.1) is 17.8 Å². The van der Waals surface area contributed by atoms with Crippen molar-refractivity contribution in [2.75, 3.05) is 39.6 Å². The number of rotatable bonds is 80. The van der Waals surface area contributed by atoms with Gasteiger partial charge in [-0.2, -0.15) is 0 Å². The van der Waals surface area contributed by atoms with Gasteiger partial charge in [-0.05, 0) is 69.1 Å². The Bertz CT molecular complexity index is 2090. The molecule has 0 bridgehead atoms. The van der Waals surface area contributed by atoms with Gasteiger partial charge in [0.15, 0.2) is 12.2 Å². The van der Waals surface area contributed by atoms with Gasteiger partial charge in [-0.25, -0.2) is 9.13 Å². The molecule has 0 amide bonds. The lowest BCUT2D eigenvalue weighted by Gasteiger charge is -2.21. The maximum atomic E-state index is 13.1. The van der Waals surface area contributed by atoms with E-state index in [1.807, 2.05) is 0 Å². The second kappa shape index (κ2) is 73.7. The molecule has 3 N–H and O–H groups in total. The van der Waals surface area contributed by atoms with E-state index in [-0.39, 0.29) is 25.7 Å². The maximum Gasteiger partial charge on any atom is 0.472 e. The van der Waals surface area contributed by atoms with Crippen LogP contribution in [0.25, 0.3) is 0 Å². The molecular weight excluding hydrogens is 1340 g/mol.